The Balaban J connectivity index is 2.09. The number of benzene rings is 1. The second kappa shape index (κ2) is 5.49. The SMILES string of the molecule is CC1CCCN(Cc2cc(F)cc(Br)c2)C1C. The van der Waals surface area contributed by atoms with Crippen LogP contribution >= 0.6 is 15.9 Å². The first-order valence-electron chi connectivity index (χ1n) is 6.25. The molecule has 1 aromatic carbocycles. The lowest BCUT2D eigenvalue weighted by Gasteiger charge is -2.38. The predicted molar refractivity (Wildman–Crippen MR) is 72.4 cm³/mol. The molecule has 1 aliphatic heterocycles. The van der Waals surface area contributed by atoms with Gasteiger partial charge in [0, 0.05) is 17.1 Å². The van der Waals surface area contributed by atoms with Crippen LogP contribution < -0.4 is 0 Å². The highest BCUT2D eigenvalue weighted by Gasteiger charge is 2.24. The molecule has 3 heteroatoms. The number of hydrogen-bond donors (Lipinski definition) is 0. The van der Waals surface area contributed by atoms with Crippen LogP contribution in [-0.4, -0.2) is 17.5 Å². The van der Waals surface area contributed by atoms with E-state index < -0.39 is 0 Å². The fourth-order valence-electron chi connectivity index (χ4n) is 2.58. The molecular formula is C14H19BrFN. The lowest BCUT2D eigenvalue weighted by atomic mass is 9.92. The summed E-state index contributed by atoms with van der Waals surface area (Å²) in [7, 11) is 0. The molecule has 1 nitrogen and oxygen atoms in total. The summed E-state index contributed by atoms with van der Waals surface area (Å²) in [6, 6.07) is 5.74. The summed E-state index contributed by atoms with van der Waals surface area (Å²) < 4.78 is 14.1. The zero-order valence-electron chi connectivity index (χ0n) is 10.4. The molecule has 1 aliphatic rings. The maximum absolute atomic E-state index is 13.3. The second-order valence-corrected chi connectivity index (χ2v) is 6.02. The van der Waals surface area contributed by atoms with Crippen molar-refractivity contribution in [2.75, 3.05) is 6.54 Å². The zero-order valence-corrected chi connectivity index (χ0v) is 12.0. The van der Waals surface area contributed by atoms with Crippen LogP contribution in [0, 0.1) is 11.7 Å². The van der Waals surface area contributed by atoms with E-state index in [0.717, 1.165) is 29.0 Å². The molecule has 17 heavy (non-hydrogen) atoms. The standard InChI is InChI=1S/C14H19BrFN/c1-10-4-3-5-17(11(10)2)9-12-6-13(15)8-14(16)7-12/h6-8,10-11H,3-5,9H2,1-2H3. The smallest absolute Gasteiger partial charge is 0.124 e. The molecule has 1 aromatic rings. The summed E-state index contributed by atoms with van der Waals surface area (Å²) in [4.78, 5) is 2.45. The summed E-state index contributed by atoms with van der Waals surface area (Å²) in [5.74, 6) is 0.577. The average molecular weight is 300 g/mol. The van der Waals surface area contributed by atoms with E-state index in [4.69, 9.17) is 0 Å². The quantitative estimate of drug-likeness (QED) is 0.791. The van der Waals surface area contributed by atoms with Crippen molar-refractivity contribution < 1.29 is 4.39 Å². The Morgan fingerprint density at radius 2 is 2.12 bits per heavy atom. The van der Waals surface area contributed by atoms with Gasteiger partial charge in [-0.1, -0.05) is 22.9 Å². The van der Waals surface area contributed by atoms with Crippen molar-refractivity contribution in [2.45, 2.75) is 39.3 Å². The lowest BCUT2D eigenvalue weighted by molar-refractivity contribution is 0.106. The monoisotopic (exact) mass is 299 g/mol. The summed E-state index contributed by atoms with van der Waals surface area (Å²) in [6.07, 6.45) is 2.56. The Morgan fingerprint density at radius 1 is 1.35 bits per heavy atom. The number of halogens is 2. The van der Waals surface area contributed by atoms with E-state index in [1.165, 1.54) is 18.9 Å². The normalized spacial score (nSPS) is 26.1. The van der Waals surface area contributed by atoms with E-state index in [9.17, 15) is 4.39 Å². The molecular weight excluding hydrogens is 281 g/mol. The van der Waals surface area contributed by atoms with Crippen LogP contribution in [0.3, 0.4) is 0 Å². The molecule has 0 N–H and O–H groups in total. The molecule has 0 radical (unpaired) electrons. The third-order valence-electron chi connectivity index (χ3n) is 3.81. The molecule has 1 saturated heterocycles. The van der Waals surface area contributed by atoms with E-state index in [0.29, 0.717) is 6.04 Å². The van der Waals surface area contributed by atoms with Gasteiger partial charge in [-0.2, -0.15) is 0 Å². The van der Waals surface area contributed by atoms with Crippen molar-refractivity contribution in [3.05, 3.63) is 34.1 Å². The van der Waals surface area contributed by atoms with Crippen LogP contribution in [0.5, 0.6) is 0 Å². The van der Waals surface area contributed by atoms with Crippen LogP contribution in [0.2, 0.25) is 0 Å². The molecule has 0 saturated carbocycles. The molecule has 0 aromatic heterocycles. The van der Waals surface area contributed by atoms with E-state index in [1.54, 1.807) is 6.07 Å². The molecule has 2 unspecified atom stereocenters. The van der Waals surface area contributed by atoms with Gasteiger partial charge in [-0.15, -0.1) is 0 Å². The van der Waals surface area contributed by atoms with Crippen molar-refractivity contribution in [3.63, 3.8) is 0 Å². The van der Waals surface area contributed by atoms with Crippen LogP contribution in [0.25, 0.3) is 0 Å². The molecule has 94 valence electrons. The number of likely N-dealkylation sites (tertiary alicyclic amines) is 1. The highest BCUT2D eigenvalue weighted by molar-refractivity contribution is 9.10. The second-order valence-electron chi connectivity index (χ2n) is 5.11. The van der Waals surface area contributed by atoms with Crippen LogP contribution in [-0.2, 0) is 6.54 Å². The summed E-state index contributed by atoms with van der Waals surface area (Å²) in [6.45, 7) is 6.55. The van der Waals surface area contributed by atoms with Crippen molar-refractivity contribution in [1.29, 1.82) is 0 Å². The van der Waals surface area contributed by atoms with Crippen molar-refractivity contribution >= 4 is 15.9 Å². The summed E-state index contributed by atoms with van der Waals surface area (Å²) >= 11 is 3.35. The van der Waals surface area contributed by atoms with Gasteiger partial charge in [-0.05, 0) is 56.0 Å². The van der Waals surface area contributed by atoms with Gasteiger partial charge < -0.3 is 0 Å². The first kappa shape index (κ1) is 13.0. The van der Waals surface area contributed by atoms with Crippen LogP contribution in [0.4, 0.5) is 4.39 Å². The highest BCUT2D eigenvalue weighted by Crippen LogP contribution is 2.25. The third kappa shape index (κ3) is 3.29. The third-order valence-corrected chi connectivity index (χ3v) is 4.27. The maximum atomic E-state index is 13.3. The number of rotatable bonds is 2. The minimum absolute atomic E-state index is 0.160. The van der Waals surface area contributed by atoms with Gasteiger partial charge in [0.15, 0.2) is 0 Å². The van der Waals surface area contributed by atoms with Crippen molar-refractivity contribution in [1.82, 2.24) is 4.90 Å². The van der Waals surface area contributed by atoms with Gasteiger partial charge in [-0.25, -0.2) is 4.39 Å². The largest absolute Gasteiger partial charge is 0.296 e. The van der Waals surface area contributed by atoms with Crippen LogP contribution in [0.1, 0.15) is 32.3 Å². The molecule has 0 amide bonds. The van der Waals surface area contributed by atoms with E-state index in [2.05, 4.69) is 34.7 Å². The molecule has 1 heterocycles. The first-order chi connectivity index (χ1) is 8.06. The van der Waals surface area contributed by atoms with E-state index in [-0.39, 0.29) is 5.82 Å². The number of hydrogen-bond acceptors (Lipinski definition) is 1. The van der Waals surface area contributed by atoms with Gasteiger partial charge in [0.05, 0.1) is 0 Å². The van der Waals surface area contributed by atoms with Gasteiger partial charge in [0.2, 0.25) is 0 Å². The minimum Gasteiger partial charge on any atom is -0.296 e. The molecule has 0 spiro atoms. The average Bonchev–Trinajstić information content (AvgIpc) is 2.23. The number of nitrogens with zero attached hydrogens (tertiary/aromatic N) is 1. The summed E-state index contributed by atoms with van der Waals surface area (Å²) in [5.41, 5.74) is 1.05. The Hall–Kier alpha value is -0.410. The van der Waals surface area contributed by atoms with Gasteiger partial charge in [-0.3, -0.25) is 4.90 Å². The van der Waals surface area contributed by atoms with Gasteiger partial charge >= 0.3 is 0 Å². The predicted octanol–water partition coefficient (Wildman–Crippen LogP) is 4.21. The number of piperidine rings is 1. The fourth-order valence-corrected chi connectivity index (χ4v) is 3.09. The Kier molecular flexibility index (Phi) is 4.21. The van der Waals surface area contributed by atoms with Gasteiger partial charge in [0.1, 0.15) is 5.82 Å². The van der Waals surface area contributed by atoms with Gasteiger partial charge in [0.25, 0.3) is 0 Å². The van der Waals surface area contributed by atoms with Crippen molar-refractivity contribution in [3.8, 4) is 0 Å². The summed E-state index contributed by atoms with van der Waals surface area (Å²) in [5, 5.41) is 0. The Morgan fingerprint density at radius 3 is 2.82 bits per heavy atom. The van der Waals surface area contributed by atoms with E-state index in [1.807, 2.05) is 6.07 Å². The molecule has 0 aliphatic carbocycles. The fraction of sp³-hybridized carbons (Fsp3) is 0.571. The first-order valence-corrected chi connectivity index (χ1v) is 7.04. The van der Waals surface area contributed by atoms with Crippen LogP contribution in [0.15, 0.2) is 22.7 Å². The molecule has 0 bridgehead atoms. The molecule has 2 rings (SSSR count). The van der Waals surface area contributed by atoms with E-state index >= 15 is 0 Å². The Labute approximate surface area is 111 Å². The molecule has 2 atom stereocenters. The minimum atomic E-state index is -0.160. The molecule has 1 fully saturated rings. The topological polar surface area (TPSA) is 3.24 Å². The maximum Gasteiger partial charge on any atom is 0.124 e. The zero-order chi connectivity index (χ0) is 12.4. The van der Waals surface area contributed by atoms with Crippen molar-refractivity contribution in [2.24, 2.45) is 5.92 Å². The Bertz CT molecular complexity index is 374. The highest BCUT2D eigenvalue weighted by atomic mass is 79.9. The lowest BCUT2D eigenvalue weighted by Crippen LogP contribution is -2.41.